The Bertz CT molecular complexity index is 312. The molecule has 0 saturated carbocycles. The molecule has 0 fully saturated rings. The lowest BCUT2D eigenvalue weighted by atomic mass is 10.3. The normalized spacial score (nSPS) is 10.4. The van der Waals surface area contributed by atoms with Gasteiger partial charge in [0.1, 0.15) is 5.03 Å². The Morgan fingerprint density at radius 2 is 2.31 bits per heavy atom. The zero-order chi connectivity index (χ0) is 9.84. The SMILES string of the molecule is CC(C)Sc1ncccc1C(N)=O. The lowest BCUT2D eigenvalue weighted by molar-refractivity contribution is 0.0997. The molecule has 0 aliphatic rings. The molecule has 0 saturated heterocycles. The Morgan fingerprint density at radius 1 is 1.62 bits per heavy atom. The molecule has 3 nitrogen and oxygen atoms in total. The molecule has 70 valence electrons. The van der Waals surface area contributed by atoms with Crippen molar-refractivity contribution in [2.24, 2.45) is 5.73 Å². The van der Waals surface area contributed by atoms with Gasteiger partial charge in [0, 0.05) is 11.4 Å². The molecule has 1 aromatic heterocycles. The first-order valence-electron chi connectivity index (χ1n) is 4.02. The number of hydrogen-bond acceptors (Lipinski definition) is 3. The Morgan fingerprint density at radius 3 is 2.85 bits per heavy atom. The van der Waals surface area contributed by atoms with Crippen molar-refractivity contribution in [2.45, 2.75) is 24.1 Å². The fourth-order valence-electron chi connectivity index (χ4n) is 0.896. The van der Waals surface area contributed by atoms with E-state index in [1.165, 1.54) is 0 Å². The Hall–Kier alpha value is -1.03. The molecule has 0 radical (unpaired) electrons. The van der Waals surface area contributed by atoms with Crippen molar-refractivity contribution in [3.63, 3.8) is 0 Å². The van der Waals surface area contributed by atoms with Crippen LogP contribution in [0.3, 0.4) is 0 Å². The van der Waals surface area contributed by atoms with Crippen LogP contribution in [0.4, 0.5) is 0 Å². The van der Waals surface area contributed by atoms with Gasteiger partial charge in [-0.1, -0.05) is 13.8 Å². The molecule has 0 aliphatic carbocycles. The molecule has 2 N–H and O–H groups in total. The Labute approximate surface area is 81.7 Å². The maximum Gasteiger partial charge on any atom is 0.251 e. The number of nitrogens with two attached hydrogens (primary N) is 1. The second-order valence-corrected chi connectivity index (χ2v) is 4.45. The molecule has 0 aromatic carbocycles. The lowest BCUT2D eigenvalue weighted by Gasteiger charge is -2.06. The molecule has 4 heteroatoms. The van der Waals surface area contributed by atoms with Gasteiger partial charge < -0.3 is 5.73 Å². The number of nitrogens with zero attached hydrogens (tertiary/aromatic N) is 1. The van der Waals surface area contributed by atoms with E-state index in [4.69, 9.17) is 5.73 Å². The van der Waals surface area contributed by atoms with Gasteiger partial charge in [-0.3, -0.25) is 4.79 Å². The third-order valence-corrected chi connectivity index (χ3v) is 2.40. The van der Waals surface area contributed by atoms with Crippen molar-refractivity contribution in [3.05, 3.63) is 23.9 Å². The first-order chi connectivity index (χ1) is 6.11. The molecule has 0 unspecified atom stereocenters. The third-order valence-electron chi connectivity index (χ3n) is 1.38. The zero-order valence-corrected chi connectivity index (χ0v) is 8.47. The van der Waals surface area contributed by atoms with Crippen LogP contribution in [0.25, 0.3) is 0 Å². The van der Waals surface area contributed by atoms with E-state index in [2.05, 4.69) is 4.98 Å². The summed E-state index contributed by atoms with van der Waals surface area (Å²) in [6, 6.07) is 3.41. The molecular formula is C9H12N2OS. The van der Waals surface area contributed by atoms with Crippen LogP contribution in [-0.4, -0.2) is 16.1 Å². The minimum atomic E-state index is -0.420. The van der Waals surface area contributed by atoms with Gasteiger partial charge >= 0.3 is 0 Å². The maximum atomic E-state index is 11.0. The van der Waals surface area contributed by atoms with Crippen LogP contribution < -0.4 is 5.73 Å². The molecule has 1 rings (SSSR count). The van der Waals surface area contributed by atoms with Crippen LogP contribution in [-0.2, 0) is 0 Å². The monoisotopic (exact) mass is 196 g/mol. The van der Waals surface area contributed by atoms with E-state index in [-0.39, 0.29) is 0 Å². The zero-order valence-electron chi connectivity index (χ0n) is 7.65. The van der Waals surface area contributed by atoms with Crippen LogP contribution in [0.5, 0.6) is 0 Å². The summed E-state index contributed by atoms with van der Waals surface area (Å²) in [6.45, 7) is 4.09. The van der Waals surface area contributed by atoms with Crippen molar-refractivity contribution in [1.29, 1.82) is 0 Å². The number of rotatable bonds is 3. The van der Waals surface area contributed by atoms with Crippen LogP contribution in [0.1, 0.15) is 24.2 Å². The highest BCUT2D eigenvalue weighted by molar-refractivity contribution is 7.99. The Balaban J connectivity index is 2.98. The van der Waals surface area contributed by atoms with Crippen LogP contribution >= 0.6 is 11.8 Å². The van der Waals surface area contributed by atoms with E-state index in [0.717, 1.165) is 0 Å². The molecule has 0 aliphatic heterocycles. The van der Waals surface area contributed by atoms with E-state index in [9.17, 15) is 4.79 Å². The standard InChI is InChI=1S/C9H12N2OS/c1-6(2)13-9-7(8(10)12)4-3-5-11-9/h3-6H,1-2H3,(H2,10,12). The topological polar surface area (TPSA) is 56.0 Å². The van der Waals surface area contributed by atoms with Crippen molar-refractivity contribution in [1.82, 2.24) is 4.98 Å². The first kappa shape index (κ1) is 10.1. The second kappa shape index (κ2) is 4.28. The molecule has 1 amide bonds. The fraction of sp³-hybridized carbons (Fsp3) is 0.333. The average Bonchev–Trinajstić information content (AvgIpc) is 2.03. The second-order valence-electron chi connectivity index (χ2n) is 2.89. The summed E-state index contributed by atoms with van der Waals surface area (Å²) in [6.07, 6.45) is 1.66. The highest BCUT2D eigenvalue weighted by atomic mass is 32.2. The van der Waals surface area contributed by atoms with Gasteiger partial charge in [0.2, 0.25) is 0 Å². The molecule has 1 aromatic rings. The average molecular weight is 196 g/mol. The van der Waals surface area contributed by atoms with Crippen molar-refractivity contribution >= 4 is 17.7 Å². The van der Waals surface area contributed by atoms with Gasteiger partial charge in [0.25, 0.3) is 5.91 Å². The van der Waals surface area contributed by atoms with Crippen molar-refractivity contribution in [2.75, 3.05) is 0 Å². The van der Waals surface area contributed by atoms with Gasteiger partial charge in [-0.25, -0.2) is 4.98 Å². The number of primary amides is 1. The quantitative estimate of drug-likeness (QED) is 0.748. The summed E-state index contributed by atoms with van der Waals surface area (Å²) < 4.78 is 0. The minimum Gasteiger partial charge on any atom is -0.366 e. The fourth-order valence-corrected chi connectivity index (χ4v) is 1.76. The number of hydrogen-bond donors (Lipinski definition) is 1. The molecule has 0 atom stereocenters. The number of carbonyl (C=O) groups excluding carboxylic acids is 1. The van der Waals surface area contributed by atoms with Crippen molar-refractivity contribution < 1.29 is 4.79 Å². The van der Waals surface area contributed by atoms with Crippen LogP contribution in [0, 0.1) is 0 Å². The van der Waals surface area contributed by atoms with E-state index in [1.54, 1.807) is 30.1 Å². The van der Waals surface area contributed by atoms with Crippen molar-refractivity contribution in [3.8, 4) is 0 Å². The van der Waals surface area contributed by atoms with Gasteiger partial charge in [-0.15, -0.1) is 11.8 Å². The highest BCUT2D eigenvalue weighted by Gasteiger charge is 2.09. The number of amides is 1. The van der Waals surface area contributed by atoms with Gasteiger partial charge in [-0.05, 0) is 12.1 Å². The summed E-state index contributed by atoms with van der Waals surface area (Å²) in [7, 11) is 0. The molecule has 0 spiro atoms. The van der Waals surface area contributed by atoms with E-state index < -0.39 is 5.91 Å². The predicted octanol–water partition coefficient (Wildman–Crippen LogP) is 1.68. The Kier molecular flexibility index (Phi) is 3.31. The number of thioether (sulfide) groups is 1. The lowest BCUT2D eigenvalue weighted by Crippen LogP contribution is -2.13. The minimum absolute atomic E-state index is 0.396. The van der Waals surface area contributed by atoms with Gasteiger partial charge in [0.15, 0.2) is 0 Å². The number of aromatic nitrogens is 1. The summed E-state index contributed by atoms with van der Waals surface area (Å²) in [5.41, 5.74) is 5.70. The summed E-state index contributed by atoms with van der Waals surface area (Å²) in [4.78, 5) is 15.1. The molecule has 0 bridgehead atoms. The highest BCUT2D eigenvalue weighted by Crippen LogP contribution is 2.23. The predicted molar refractivity (Wildman–Crippen MR) is 53.7 cm³/mol. The molecule has 1 heterocycles. The van der Waals surface area contributed by atoms with Crippen LogP contribution in [0.15, 0.2) is 23.4 Å². The maximum absolute atomic E-state index is 11.0. The smallest absolute Gasteiger partial charge is 0.251 e. The van der Waals surface area contributed by atoms with E-state index >= 15 is 0 Å². The number of carbonyl (C=O) groups is 1. The molecule has 13 heavy (non-hydrogen) atoms. The number of pyridine rings is 1. The van der Waals surface area contributed by atoms with Gasteiger partial charge in [-0.2, -0.15) is 0 Å². The van der Waals surface area contributed by atoms with E-state index in [0.29, 0.717) is 15.8 Å². The van der Waals surface area contributed by atoms with Gasteiger partial charge in [0.05, 0.1) is 5.56 Å². The molecular weight excluding hydrogens is 184 g/mol. The third kappa shape index (κ3) is 2.73. The van der Waals surface area contributed by atoms with Crippen LogP contribution in [0.2, 0.25) is 0 Å². The summed E-state index contributed by atoms with van der Waals surface area (Å²) in [5, 5.41) is 1.11. The summed E-state index contributed by atoms with van der Waals surface area (Å²) in [5.74, 6) is -0.420. The summed E-state index contributed by atoms with van der Waals surface area (Å²) >= 11 is 1.54. The first-order valence-corrected chi connectivity index (χ1v) is 4.90. The van der Waals surface area contributed by atoms with E-state index in [1.807, 2.05) is 13.8 Å². The largest absolute Gasteiger partial charge is 0.366 e.